The van der Waals surface area contributed by atoms with Gasteiger partial charge in [0.25, 0.3) is 0 Å². The Morgan fingerprint density at radius 1 is 0.667 bits per heavy atom. The fraction of sp³-hybridized carbons (Fsp3) is 0.161. The van der Waals surface area contributed by atoms with Gasteiger partial charge < -0.3 is 9.47 Å². The molecule has 5 heteroatoms. The van der Waals surface area contributed by atoms with Crippen LogP contribution in [0.5, 0.6) is 0 Å². The highest BCUT2D eigenvalue weighted by atomic mass is 16.6. The van der Waals surface area contributed by atoms with E-state index in [9.17, 15) is 9.59 Å². The fourth-order valence-electron chi connectivity index (χ4n) is 4.42. The van der Waals surface area contributed by atoms with Gasteiger partial charge in [-0.15, -0.1) is 0 Å². The Bertz CT molecular complexity index is 1160. The van der Waals surface area contributed by atoms with E-state index in [0.29, 0.717) is 5.56 Å². The van der Waals surface area contributed by atoms with Crippen molar-refractivity contribution >= 4 is 11.9 Å². The van der Waals surface area contributed by atoms with Gasteiger partial charge in [0.2, 0.25) is 0 Å². The standard InChI is InChI=1S/C31H29NO4/c1-23(36-29(33)24-15-7-3-8-16-24)28(30(34)35-2)32-31(25-17-9-4-10-18-25,26-19-11-5-12-20-26)27-21-13-6-14-22-27/h3-23,28,32H,1-2H3/t23-,28-/m0/s1. The molecule has 4 rings (SSSR count). The van der Waals surface area contributed by atoms with Crippen LogP contribution in [0.25, 0.3) is 0 Å². The molecular formula is C31H29NO4. The quantitative estimate of drug-likeness (QED) is 0.259. The molecule has 0 radical (unpaired) electrons. The van der Waals surface area contributed by atoms with Gasteiger partial charge in [0.1, 0.15) is 12.1 Å². The van der Waals surface area contributed by atoms with E-state index in [1.807, 2.05) is 97.1 Å². The van der Waals surface area contributed by atoms with Crippen LogP contribution in [-0.4, -0.2) is 31.2 Å². The minimum absolute atomic E-state index is 0.411. The number of carbonyl (C=O) groups is 2. The van der Waals surface area contributed by atoms with Crippen LogP contribution in [0, 0.1) is 0 Å². The Morgan fingerprint density at radius 3 is 1.44 bits per heavy atom. The molecule has 2 atom stereocenters. The second-order valence-corrected chi connectivity index (χ2v) is 8.47. The highest BCUT2D eigenvalue weighted by Gasteiger charge is 2.42. The molecule has 1 N–H and O–H groups in total. The molecule has 0 bridgehead atoms. The van der Waals surface area contributed by atoms with Gasteiger partial charge >= 0.3 is 11.9 Å². The van der Waals surface area contributed by atoms with Crippen molar-refractivity contribution in [1.82, 2.24) is 5.32 Å². The molecule has 0 aliphatic heterocycles. The number of rotatable bonds is 9. The number of nitrogens with one attached hydrogen (secondary N) is 1. The van der Waals surface area contributed by atoms with E-state index < -0.39 is 29.6 Å². The number of benzene rings is 4. The third-order valence-electron chi connectivity index (χ3n) is 6.22. The summed E-state index contributed by atoms with van der Waals surface area (Å²) in [5.41, 5.74) is 2.26. The highest BCUT2D eigenvalue weighted by Crippen LogP contribution is 2.37. The summed E-state index contributed by atoms with van der Waals surface area (Å²) in [5.74, 6) is -1.04. The van der Waals surface area contributed by atoms with Gasteiger partial charge in [-0.25, -0.2) is 4.79 Å². The van der Waals surface area contributed by atoms with Gasteiger partial charge in [0, 0.05) is 0 Å². The average molecular weight is 480 g/mol. The van der Waals surface area contributed by atoms with Crippen LogP contribution in [0.2, 0.25) is 0 Å². The second kappa shape index (κ2) is 11.5. The first-order valence-electron chi connectivity index (χ1n) is 11.8. The van der Waals surface area contributed by atoms with E-state index in [0.717, 1.165) is 16.7 Å². The second-order valence-electron chi connectivity index (χ2n) is 8.47. The summed E-state index contributed by atoms with van der Waals surface area (Å²) in [5, 5.41) is 3.57. The molecule has 0 aliphatic carbocycles. The van der Waals surface area contributed by atoms with Crippen molar-refractivity contribution in [2.75, 3.05) is 7.11 Å². The van der Waals surface area contributed by atoms with E-state index >= 15 is 0 Å². The third kappa shape index (κ3) is 5.21. The lowest BCUT2D eigenvalue weighted by Gasteiger charge is -2.40. The average Bonchev–Trinajstić information content (AvgIpc) is 2.95. The molecule has 0 fully saturated rings. The van der Waals surface area contributed by atoms with Crippen LogP contribution < -0.4 is 5.32 Å². The molecule has 0 saturated carbocycles. The number of carbonyl (C=O) groups excluding carboxylic acids is 2. The van der Waals surface area contributed by atoms with Crippen molar-refractivity contribution in [1.29, 1.82) is 0 Å². The van der Waals surface area contributed by atoms with Crippen molar-refractivity contribution in [3.8, 4) is 0 Å². The number of hydrogen-bond acceptors (Lipinski definition) is 5. The van der Waals surface area contributed by atoms with Gasteiger partial charge in [0.15, 0.2) is 0 Å². The summed E-state index contributed by atoms with van der Waals surface area (Å²) >= 11 is 0. The van der Waals surface area contributed by atoms with Crippen molar-refractivity contribution < 1.29 is 19.1 Å². The first-order valence-corrected chi connectivity index (χ1v) is 11.8. The monoisotopic (exact) mass is 479 g/mol. The Morgan fingerprint density at radius 2 is 1.06 bits per heavy atom. The highest BCUT2D eigenvalue weighted by molar-refractivity contribution is 5.89. The van der Waals surface area contributed by atoms with Gasteiger partial charge in [-0.2, -0.15) is 0 Å². The lowest BCUT2D eigenvalue weighted by Crippen LogP contribution is -2.57. The summed E-state index contributed by atoms with van der Waals surface area (Å²) in [6.45, 7) is 1.70. The molecule has 0 saturated heterocycles. The largest absolute Gasteiger partial charge is 0.468 e. The summed E-state index contributed by atoms with van der Waals surface area (Å²) in [6, 6.07) is 37.5. The Kier molecular flexibility index (Phi) is 7.93. The summed E-state index contributed by atoms with van der Waals surface area (Å²) in [4.78, 5) is 26.0. The number of ether oxygens (including phenoxy) is 2. The number of methoxy groups -OCH3 is 1. The van der Waals surface area contributed by atoms with Crippen LogP contribution in [-0.2, 0) is 19.8 Å². The predicted molar refractivity (Wildman–Crippen MR) is 139 cm³/mol. The zero-order chi connectivity index (χ0) is 25.4. The lowest BCUT2D eigenvalue weighted by molar-refractivity contribution is -0.146. The molecule has 36 heavy (non-hydrogen) atoms. The molecule has 4 aromatic carbocycles. The van der Waals surface area contributed by atoms with E-state index in [1.165, 1.54) is 7.11 Å². The van der Waals surface area contributed by atoms with Crippen LogP contribution in [0.15, 0.2) is 121 Å². The van der Waals surface area contributed by atoms with Crippen molar-refractivity contribution in [3.05, 3.63) is 144 Å². The topological polar surface area (TPSA) is 64.6 Å². The van der Waals surface area contributed by atoms with Crippen LogP contribution in [0.4, 0.5) is 0 Å². The Hall–Kier alpha value is -4.22. The molecule has 5 nitrogen and oxygen atoms in total. The minimum Gasteiger partial charge on any atom is -0.468 e. The smallest absolute Gasteiger partial charge is 0.338 e. The molecule has 0 amide bonds. The zero-order valence-corrected chi connectivity index (χ0v) is 20.3. The van der Waals surface area contributed by atoms with Crippen molar-refractivity contribution in [2.24, 2.45) is 0 Å². The maximum atomic E-state index is 13.2. The van der Waals surface area contributed by atoms with Crippen LogP contribution >= 0.6 is 0 Å². The van der Waals surface area contributed by atoms with Gasteiger partial charge in [-0.3, -0.25) is 10.1 Å². The van der Waals surface area contributed by atoms with E-state index in [4.69, 9.17) is 9.47 Å². The normalized spacial score (nSPS) is 12.8. The van der Waals surface area contributed by atoms with Gasteiger partial charge in [-0.1, -0.05) is 109 Å². The molecule has 0 aromatic heterocycles. The van der Waals surface area contributed by atoms with Crippen LogP contribution in [0.1, 0.15) is 34.0 Å². The van der Waals surface area contributed by atoms with Crippen molar-refractivity contribution in [3.63, 3.8) is 0 Å². The lowest BCUT2D eigenvalue weighted by atomic mass is 9.76. The van der Waals surface area contributed by atoms with E-state index in [1.54, 1.807) is 31.2 Å². The molecule has 4 aromatic rings. The van der Waals surface area contributed by atoms with E-state index in [2.05, 4.69) is 5.32 Å². The number of hydrogen-bond donors (Lipinski definition) is 1. The van der Waals surface area contributed by atoms with Gasteiger partial charge in [-0.05, 0) is 35.7 Å². The molecular weight excluding hydrogens is 450 g/mol. The first kappa shape index (κ1) is 24.9. The van der Waals surface area contributed by atoms with Crippen molar-refractivity contribution in [2.45, 2.75) is 24.6 Å². The zero-order valence-electron chi connectivity index (χ0n) is 20.3. The molecule has 0 heterocycles. The van der Waals surface area contributed by atoms with Crippen LogP contribution in [0.3, 0.4) is 0 Å². The molecule has 0 spiro atoms. The summed E-state index contributed by atoms with van der Waals surface area (Å²) < 4.78 is 11.0. The summed E-state index contributed by atoms with van der Waals surface area (Å²) in [6.07, 6.45) is -0.833. The maximum Gasteiger partial charge on any atom is 0.338 e. The third-order valence-corrected chi connectivity index (χ3v) is 6.22. The molecule has 0 unspecified atom stereocenters. The van der Waals surface area contributed by atoms with Gasteiger partial charge in [0.05, 0.1) is 18.2 Å². The SMILES string of the molecule is COC(=O)[C@@H](NC(c1ccccc1)(c1ccccc1)c1ccccc1)[C@H](C)OC(=O)c1ccccc1. The first-order chi connectivity index (χ1) is 17.6. The fourth-order valence-corrected chi connectivity index (χ4v) is 4.42. The Balaban J connectivity index is 1.83. The minimum atomic E-state index is -0.969. The molecule has 182 valence electrons. The molecule has 0 aliphatic rings. The number of esters is 2. The predicted octanol–water partition coefficient (Wildman–Crippen LogP) is 5.36. The van der Waals surface area contributed by atoms with E-state index in [-0.39, 0.29) is 0 Å². The summed E-state index contributed by atoms with van der Waals surface area (Å²) in [7, 11) is 1.33. The maximum absolute atomic E-state index is 13.2. The Labute approximate surface area is 211 Å².